The summed E-state index contributed by atoms with van der Waals surface area (Å²) in [5.41, 5.74) is 3.10. The fourth-order valence-corrected chi connectivity index (χ4v) is 3.05. The van der Waals surface area contributed by atoms with Crippen molar-refractivity contribution in [1.82, 2.24) is 10.2 Å². The van der Waals surface area contributed by atoms with Crippen molar-refractivity contribution in [2.75, 3.05) is 19.5 Å². The molecule has 0 radical (unpaired) electrons. The minimum atomic E-state index is -0.147. The molecule has 2 aromatic carbocycles. The van der Waals surface area contributed by atoms with Gasteiger partial charge in [-0.2, -0.15) is 0 Å². The van der Waals surface area contributed by atoms with Gasteiger partial charge in [0.15, 0.2) is 0 Å². The second-order valence-electron chi connectivity index (χ2n) is 6.71. The minimum absolute atomic E-state index is 0.140. The van der Waals surface area contributed by atoms with Crippen molar-refractivity contribution < 1.29 is 14.3 Å². The van der Waals surface area contributed by atoms with Crippen LogP contribution in [0.2, 0.25) is 0 Å². The van der Waals surface area contributed by atoms with Crippen molar-refractivity contribution >= 4 is 17.6 Å². The molecular formula is C21H25N3O3. The number of carbonyl (C=O) groups is 2. The maximum Gasteiger partial charge on any atom is 0.322 e. The van der Waals surface area contributed by atoms with E-state index in [9.17, 15) is 9.59 Å². The molecule has 2 N–H and O–H groups in total. The summed E-state index contributed by atoms with van der Waals surface area (Å²) in [5, 5.41) is 5.59. The molecule has 3 rings (SSSR count). The molecule has 1 fully saturated rings. The van der Waals surface area contributed by atoms with Gasteiger partial charge in [-0.3, -0.25) is 4.79 Å². The lowest BCUT2D eigenvalue weighted by atomic mass is 10.1. The molecule has 0 bridgehead atoms. The third-order valence-electron chi connectivity index (χ3n) is 4.74. The molecule has 0 aliphatic heterocycles. The van der Waals surface area contributed by atoms with Crippen molar-refractivity contribution in [3.63, 3.8) is 0 Å². The number of nitrogens with zero attached hydrogens (tertiary/aromatic N) is 1. The second kappa shape index (κ2) is 8.12. The van der Waals surface area contributed by atoms with Crippen molar-refractivity contribution in [3.8, 4) is 5.75 Å². The maximum absolute atomic E-state index is 12.9. The maximum atomic E-state index is 12.9. The summed E-state index contributed by atoms with van der Waals surface area (Å²) in [6, 6.07) is 13.1. The van der Waals surface area contributed by atoms with E-state index in [0.717, 1.165) is 29.7 Å². The fraction of sp³-hybridized carbons (Fsp3) is 0.333. The van der Waals surface area contributed by atoms with Crippen LogP contribution in [-0.4, -0.2) is 37.0 Å². The Labute approximate surface area is 159 Å². The summed E-state index contributed by atoms with van der Waals surface area (Å²) in [4.78, 5) is 26.5. The standard InChI is InChI=1S/C21H25N3O3/c1-14-12-15(20(25)22-2)8-11-18(14)23-21(26)24(17-9-10-17)13-16-6-4-5-7-19(16)27-3/h4-8,11-12,17H,9-10,13H2,1-3H3,(H,22,25)(H,23,26). The molecule has 142 valence electrons. The van der Waals surface area contributed by atoms with Gasteiger partial charge < -0.3 is 20.3 Å². The first-order chi connectivity index (χ1) is 13.0. The van der Waals surface area contributed by atoms with Crippen LogP contribution in [0.1, 0.15) is 34.3 Å². The summed E-state index contributed by atoms with van der Waals surface area (Å²) in [5.74, 6) is 0.633. The van der Waals surface area contributed by atoms with Crippen LogP contribution in [0.15, 0.2) is 42.5 Å². The van der Waals surface area contributed by atoms with Gasteiger partial charge in [0.05, 0.1) is 13.7 Å². The number of rotatable bonds is 6. The molecule has 1 aliphatic rings. The number of benzene rings is 2. The Balaban J connectivity index is 1.75. The average Bonchev–Trinajstić information content (AvgIpc) is 3.52. The number of para-hydroxylation sites is 1. The van der Waals surface area contributed by atoms with E-state index in [0.29, 0.717) is 17.8 Å². The van der Waals surface area contributed by atoms with Crippen LogP contribution in [0.5, 0.6) is 5.75 Å². The fourth-order valence-electron chi connectivity index (χ4n) is 3.05. The van der Waals surface area contributed by atoms with Crippen molar-refractivity contribution in [3.05, 3.63) is 59.2 Å². The Bertz CT molecular complexity index is 846. The molecule has 0 spiro atoms. The Kier molecular flexibility index (Phi) is 5.64. The molecule has 1 saturated carbocycles. The SMILES string of the molecule is CNC(=O)c1ccc(NC(=O)N(Cc2ccccc2OC)C2CC2)c(C)c1. The van der Waals surface area contributed by atoms with E-state index in [1.54, 1.807) is 32.4 Å². The van der Waals surface area contributed by atoms with E-state index in [1.165, 1.54) is 0 Å². The monoisotopic (exact) mass is 367 g/mol. The number of hydrogen-bond donors (Lipinski definition) is 2. The Morgan fingerprint density at radius 1 is 1.19 bits per heavy atom. The lowest BCUT2D eigenvalue weighted by Gasteiger charge is -2.24. The van der Waals surface area contributed by atoms with E-state index < -0.39 is 0 Å². The van der Waals surface area contributed by atoms with Crippen molar-refractivity contribution in [2.24, 2.45) is 0 Å². The van der Waals surface area contributed by atoms with Crippen LogP contribution in [-0.2, 0) is 6.54 Å². The van der Waals surface area contributed by atoms with Crippen LogP contribution in [0.4, 0.5) is 10.5 Å². The Morgan fingerprint density at radius 2 is 1.93 bits per heavy atom. The molecule has 0 heterocycles. The molecule has 3 amide bonds. The number of aryl methyl sites for hydroxylation is 1. The van der Waals surface area contributed by atoms with Gasteiger partial charge in [-0.15, -0.1) is 0 Å². The predicted molar refractivity (Wildman–Crippen MR) is 105 cm³/mol. The van der Waals surface area contributed by atoms with Crippen LogP contribution < -0.4 is 15.4 Å². The van der Waals surface area contributed by atoms with Crippen LogP contribution in [0.3, 0.4) is 0 Å². The van der Waals surface area contributed by atoms with Crippen molar-refractivity contribution in [1.29, 1.82) is 0 Å². The molecule has 27 heavy (non-hydrogen) atoms. The molecular weight excluding hydrogens is 342 g/mol. The third-order valence-corrected chi connectivity index (χ3v) is 4.74. The van der Waals surface area contributed by atoms with Gasteiger partial charge in [0.25, 0.3) is 5.91 Å². The zero-order valence-corrected chi connectivity index (χ0v) is 15.9. The van der Waals surface area contributed by atoms with Gasteiger partial charge in [0, 0.05) is 29.9 Å². The van der Waals surface area contributed by atoms with Gasteiger partial charge in [-0.25, -0.2) is 4.79 Å². The largest absolute Gasteiger partial charge is 0.496 e. The van der Waals surface area contributed by atoms with E-state index in [2.05, 4.69) is 10.6 Å². The molecule has 6 heteroatoms. The number of nitrogens with one attached hydrogen (secondary N) is 2. The first-order valence-corrected chi connectivity index (χ1v) is 9.05. The summed E-state index contributed by atoms with van der Waals surface area (Å²) in [6.07, 6.45) is 2.02. The summed E-state index contributed by atoms with van der Waals surface area (Å²) in [6.45, 7) is 2.37. The number of urea groups is 1. The quantitative estimate of drug-likeness (QED) is 0.820. The van der Waals surface area contributed by atoms with Gasteiger partial charge in [0.2, 0.25) is 0 Å². The smallest absolute Gasteiger partial charge is 0.322 e. The third kappa shape index (κ3) is 4.39. The van der Waals surface area contributed by atoms with E-state index in [1.807, 2.05) is 36.1 Å². The highest BCUT2D eigenvalue weighted by Crippen LogP contribution is 2.31. The highest BCUT2D eigenvalue weighted by atomic mass is 16.5. The summed E-state index contributed by atoms with van der Waals surface area (Å²) < 4.78 is 5.41. The van der Waals surface area contributed by atoms with Crippen LogP contribution in [0, 0.1) is 6.92 Å². The van der Waals surface area contributed by atoms with E-state index in [4.69, 9.17) is 4.74 Å². The minimum Gasteiger partial charge on any atom is -0.496 e. The molecule has 0 aromatic heterocycles. The topological polar surface area (TPSA) is 70.7 Å². The molecule has 6 nitrogen and oxygen atoms in total. The zero-order chi connectivity index (χ0) is 19.4. The lowest BCUT2D eigenvalue weighted by Crippen LogP contribution is -2.36. The Hall–Kier alpha value is -3.02. The van der Waals surface area contributed by atoms with Gasteiger partial charge >= 0.3 is 6.03 Å². The van der Waals surface area contributed by atoms with Gasteiger partial charge in [0.1, 0.15) is 5.75 Å². The van der Waals surface area contributed by atoms with Crippen LogP contribution >= 0.6 is 0 Å². The second-order valence-corrected chi connectivity index (χ2v) is 6.71. The zero-order valence-electron chi connectivity index (χ0n) is 15.9. The molecule has 0 unspecified atom stereocenters. The van der Waals surface area contributed by atoms with Gasteiger partial charge in [-0.1, -0.05) is 18.2 Å². The number of carbonyl (C=O) groups excluding carboxylic acids is 2. The van der Waals surface area contributed by atoms with Gasteiger partial charge in [-0.05, 0) is 49.6 Å². The van der Waals surface area contributed by atoms with E-state index in [-0.39, 0.29) is 18.0 Å². The number of amides is 3. The van der Waals surface area contributed by atoms with Crippen LogP contribution in [0.25, 0.3) is 0 Å². The molecule has 0 saturated heterocycles. The molecule has 0 atom stereocenters. The Morgan fingerprint density at radius 3 is 2.56 bits per heavy atom. The number of anilines is 1. The first kappa shape index (κ1) is 18.8. The highest BCUT2D eigenvalue weighted by Gasteiger charge is 2.33. The molecule has 1 aliphatic carbocycles. The average molecular weight is 367 g/mol. The lowest BCUT2D eigenvalue weighted by molar-refractivity contribution is 0.0963. The number of methoxy groups -OCH3 is 1. The predicted octanol–water partition coefficient (Wildman–Crippen LogP) is 3.56. The number of ether oxygens (including phenoxy) is 1. The molecule has 2 aromatic rings. The first-order valence-electron chi connectivity index (χ1n) is 9.05. The normalized spacial score (nSPS) is 13.0. The summed E-state index contributed by atoms with van der Waals surface area (Å²) in [7, 11) is 3.23. The van der Waals surface area contributed by atoms with Crippen molar-refractivity contribution in [2.45, 2.75) is 32.4 Å². The summed E-state index contributed by atoms with van der Waals surface area (Å²) >= 11 is 0. The number of hydrogen-bond acceptors (Lipinski definition) is 3. The van der Waals surface area contributed by atoms with E-state index >= 15 is 0 Å². The highest BCUT2D eigenvalue weighted by molar-refractivity contribution is 5.96.